The van der Waals surface area contributed by atoms with Crippen LogP contribution in [-0.2, 0) is 14.3 Å². The second-order valence-corrected chi connectivity index (χ2v) is 11.9. The van der Waals surface area contributed by atoms with Crippen LogP contribution in [0.25, 0.3) is 0 Å². The third-order valence-corrected chi connectivity index (χ3v) is 8.29. The molecule has 1 aromatic heterocycles. The lowest BCUT2D eigenvalue weighted by Crippen LogP contribution is -2.41. The molecule has 0 spiro atoms. The van der Waals surface area contributed by atoms with E-state index in [1.807, 2.05) is 33.8 Å². The Balaban J connectivity index is 1.15. The SMILES string of the molecule is Cc1ccnc2c1N=C(c1ccc(C3CCC(=CC(=O)NCC(=O)OC4(C)CCCC4)CC3)cc1)C(C)(C)O2. The van der Waals surface area contributed by atoms with Crippen molar-refractivity contribution in [3.8, 4) is 5.88 Å². The first-order valence-electron chi connectivity index (χ1n) is 14.2. The molecule has 0 radical (unpaired) electrons. The Bertz CT molecular complexity index is 1290. The number of carbonyl (C=O) groups excluding carboxylic acids is 2. The van der Waals surface area contributed by atoms with Gasteiger partial charge in [0.25, 0.3) is 0 Å². The largest absolute Gasteiger partial charge is 0.464 e. The molecule has 1 aliphatic heterocycles. The first-order valence-corrected chi connectivity index (χ1v) is 14.2. The number of amides is 1. The molecule has 0 bridgehead atoms. The maximum Gasteiger partial charge on any atom is 0.325 e. The number of ether oxygens (including phenoxy) is 2. The number of nitrogens with one attached hydrogen (secondary N) is 1. The van der Waals surface area contributed by atoms with Crippen LogP contribution in [0.5, 0.6) is 5.88 Å². The van der Waals surface area contributed by atoms with Crippen LogP contribution in [0.2, 0.25) is 0 Å². The fourth-order valence-corrected chi connectivity index (χ4v) is 6.00. The van der Waals surface area contributed by atoms with Crippen LogP contribution in [-0.4, -0.2) is 40.3 Å². The fourth-order valence-electron chi connectivity index (χ4n) is 6.00. The van der Waals surface area contributed by atoms with E-state index in [9.17, 15) is 9.59 Å². The molecule has 1 N–H and O–H groups in total. The Hall–Kier alpha value is -3.48. The summed E-state index contributed by atoms with van der Waals surface area (Å²) in [4.78, 5) is 33.9. The minimum absolute atomic E-state index is 0.0814. The van der Waals surface area contributed by atoms with Crippen LogP contribution in [0.1, 0.15) is 94.7 Å². The molecule has 206 valence electrons. The average Bonchev–Trinajstić information content (AvgIpc) is 3.33. The number of hydrogen-bond acceptors (Lipinski definition) is 6. The number of hydrogen-bond donors (Lipinski definition) is 1. The number of allylic oxidation sites excluding steroid dienone is 1. The molecular formula is C32H39N3O4. The van der Waals surface area contributed by atoms with Crippen molar-refractivity contribution in [2.24, 2.45) is 4.99 Å². The summed E-state index contributed by atoms with van der Waals surface area (Å²) in [5.74, 6) is 0.458. The molecule has 0 atom stereocenters. The number of esters is 1. The van der Waals surface area contributed by atoms with Crippen LogP contribution in [0.3, 0.4) is 0 Å². The van der Waals surface area contributed by atoms with Gasteiger partial charge in [-0.05, 0) is 102 Å². The van der Waals surface area contributed by atoms with Gasteiger partial charge in [0.2, 0.25) is 11.8 Å². The van der Waals surface area contributed by atoms with E-state index < -0.39 is 5.60 Å². The fraction of sp³-hybridized carbons (Fsp3) is 0.500. The van der Waals surface area contributed by atoms with E-state index in [1.165, 1.54) is 5.56 Å². The second-order valence-electron chi connectivity index (χ2n) is 11.9. The van der Waals surface area contributed by atoms with Crippen LogP contribution in [0.15, 0.2) is 53.2 Å². The van der Waals surface area contributed by atoms with Gasteiger partial charge >= 0.3 is 5.97 Å². The van der Waals surface area contributed by atoms with Crippen LogP contribution < -0.4 is 10.1 Å². The van der Waals surface area contributed by atoms with E-state index >= 15 is 0 Å². The normalized spacial score (nSPS) is 21.3. The zero-order chi connectivity index (χ0) is 27.6. The maximum atomic E-state index is 12.4. The highest BCUT2D eigenvalue weighted by molar-refractivity contribution is 6.09. The molecule has 3 aliphatic rings. The van der Waals surface area contributed by atoms with Crippen molar-refractivity contribution in [1.82, 2.24) is 10.3 Å². The summed E-state index contributed by atoms with van der Waals surface area (Å²) in [6.07, 6.45) is 11.1. The Morgan fingerprint density at radius 1 is 1.08 bits per heavy atom. The molecule has 5 rings (SSSR count). The first-order chi connectivity index (χ1) is 18.6. The molecular weight excluding hydrogens is 490 g/mol. The van der Waals surface area contributed by atoms with E-state index in [0.717, 1.165) is 79.5 Å². The highest BCUT2D eigenvalue weighted by Crippen LogP contribution is 2.39. The third-order valence-electron chi connectivity index (χ3n) is 8.29. The number of nitrogens with zero attached hydrogens (tertiary/aromatic N) is 2. The summed E-state index contributed by atoms with van der Waals surface area (Å²) in [7, 11) is 0. The number of benzene rings is 1. The van der Waals surface area contributed by atoms with Gasteiger partial charge in [-0.3, -0.25) is 9.59 Å². The molecule has 1 amide bonds. The van der Waals surface area contributed by atoms with Crippen molar-refractivity contribution < 1.29 is 19.1 Å². The van der Waals surface area contributed by atoms with Gasteiger partial charge in [-0.2, -0.15) is 0 Å². The minimum atomic E-state index is -0.578. The Kier molecular flexibility index (Phi) is 7.61. The zero-order valence-electron chi connectivity index (χ0n) is 23.5. The van der Waals surface area contributed by atoms with Gasteiger partial charge in [0.15, 0.2) is 0 Å². The van der Waals surface area contributed by atoms with E-state index in [-0.39, 0.29) is 24.0 Å². The minimum Gasteiger partial charge on any atom is -0.464 e. The van der Waals surface area contributed by atoms with Crippen molar-refractivity contribution >= 4 is 23.3 Å². The number of aromatic nitrogens is 1. The Labute approximate surface area is 231 Å². The number of fused-ring (bicyclic) bond motifs is 1. The molecule has 7 nitrogen and oxygen atoms in total. The van der Waals surface area contributed by atoms with Gasteiger partial charge in [0, 0.05) is 17.8 Å². The standard InChI is InChI=1S/C32H39N3O4/c1-21-15-18-33-30-28(21)35-29(31(2,3)39-30)25-13-11-24(12-14-25)23-9-7-22(8-10-23)19-26(36)34-20-27(37)38-32(4)16-5-6-17-32/h11-15,18-19,23H,5-10,16-17,20H2,1-4H3,(H,34,36). The van der Waals surface area contributed by atoms with Crippen LogP contribution in [0, 0.1) is 6.92 Å². The molecule has 2 fully saturated rings. The van der Waals surface area contributed by atoms with Gasteiger partial charge in [0.1, 0.15) is 23.4 Å². The summed E-state index contributed by atoms with van der Waals surface area (Å²) < 4.78 is 11.8. The smallest absolute Gasteiger partial charge is 0.325 e. The predicted octanol–water partition coefficient (Wildman–Crippen LogP) is 6.26. The van der Waals surface area contributed by atoms with E-state index in [4.69, 9.17) is 14.5 Å². The van der Waals surface area contributed by atoms with Crippen molar-refractivity contribution in [3.05, 3.63) is 64.9 Å². The lowest BCUT2D eigenvalue weighted by atomic mass is 9.81. The summed E-state index contributed by atoms with van der Waals surface area (Å²) in [6, 6.07) is 10.6. The zero-order valence-corrected chi connectivity index (χ0v) is 23.5. The van der Waals surface area contributed by atoms with Gasteiger partial charge < -0.3 is 14.8 Å². The van der Waals surface area contributed by atoms with Crippen molar-refractivity contribution in [2.75, 3.05) is 6.54 Å². The summed E-state index contributed by atoms with van der Waals surface area (Å²) in [6.45, 7) is 7.97. The van der Waals surface area contributed by atoms with Crippen molar-refractivity contribution in [2.45, 2.75) is 96.2 Å². The maximum absolute atomic E-state index is 12.4. The quantitative estimate of drug-likeness (QED) is 0.352. The molecule has 2 aromatic rings. The molecule has 7 heteroatoms. The first kappa shape index (κ1) is 27.1. The van der Waals surface area contributed by atoms with E-state index in [0.29, 0.717) is 11.8 Å². The second kappa shape index (κ2) is 10.9. The highest BCUT2D eigenvalue weighted by Gasteiger charge is 2.35. The highest BCUT2D eigenvalue weighted by atomic mass is 16.6. The number of aliphatic imine (C=N–C) groups is 1. The molecule has 2 heterocycles. The van der Waals surface area contributed by atoms with Crippen molar-refractivity contribution in [1.29, 1.82) is 0 Å². The number of aryl methyl sites for hydroxylation is 1. The molecule has 1 aromatic carbocycles. The lowest BCUT2D eigenvalue weighted by Gasteiger charge is -2.32. The molecule has 39 heavy (non-hydrogen) atoms. The number of carbonyl (C=O) groups is 2. The van der Waals surface area contributed by atoms with Gasteiger partial charge in [-0.1, -0.05) is 29.8 Å². The Morgan fingerprint density at radius 2 is 1.77 bits per heavy atom. The topological polar surface area (TPSA) is 89.9 Å². The lowest BCUT2D eigenvalue weighted by molar-refractivity contribution is -0.156. The predicted molar refractivity (Wildman–Crippen MR) is 152 cm³/mol. The molecule has 0 unspecified atom stereocenters. The summed E-state index contributed by atoms with van der Waals surface area (Å²) in [5.41, 5.74) is 5.28. The van der Waals surface area contributed by atoms with Gasteiger partial charge in [-0.25, -0.2) is 9.98 Å². The number of rotatable bonds is 6. The molecule has 0 saturated heterocycles. The monoisotopic (exact) mass is 529 g/mol. The number of pyridine rings is 1. The van der Waals surface area contributed by atoms with Crippen LogP contribution >= 0.6 is 0 Å². The summed E-state index contributed by atoms with van der Waals surface area (Å²) in [5, 5.41) is 2.70. The third kappa shape index (κ3) is 6.23. The summed E-state index contributed by atoms with van der Waals surface area (Å²) >= 11 is 0. The van der Waals surface area contributed by atoms with Gasteiger partial charge in [0.05, 0.1) is 5.71 Å². The molecule has 2 aliphatic carbocycles. The molecule has 2 saturated carbocycles. The van der Waals surface area contributed by atoms with Crippen molar-refractivity contribution in [3.63, 3.8) is 0 Å². The average molecular weight is 530 g/mol. The Morgan fingerprint density at radius 3 is 2.46 bits per heavy atom. The van der Waals surface area contributed by atoms with E-state index in [2.05, 4.69) is 34.6 Å². The van der Waals surface area contributed by atoms with E-state index in [1.54, 1.807) is 12.3 Å². The van der Waals surface area contributed by atoms with Crippen LogP contribution in [0.4, 0.5) is 5.69 Å². The van der Waals surface area contributed by atoms with Gasteiger partial charge in [-0.15, -0.1) is 0 Å².